The predicted octanol–water partition coefficient (Wildman–Crippen LogP) is 7.23. The zero-order valence-electron chi connectivity index (χ0n) is 20.8. The fourth-order valence-corrected chi connectivity index (χ4v) is 6.58. The van der Waals surface area contributed by atoms with E-state index in [0.29, 0.717) is 11.7 Å². The second kappa shape index (κ2) is 10.0. The molecule has 1 fully saturated rings. The summed E-state index contributed by atoms with van der Waals surface area (Å²) < 4.78 is 6.36. The number of hydrogen-bond acceptors (Lipinski definition) is 5. The number of phenolic OH excluding ortho intramolecular Hbond substituents is 1. The van der Waals surface area contributed by atoms with E-state index in [1.807, 2.05) is 47.7 Å². The van der Waals surface area contributed by atoms with Gasteiger partial charge in [-0.3, -0.25) is 9.69 Å². The molecule has 1 aromatic heterocycles. The van der Waals surface area contributed by atoms with Crippen molar-refractivity contribution in [2.75, 3.05) is 18.4 Å². The van der Waals surface area contributed by atoms with E-state index in [1.54, 1.807) is 6.07 Å². The Morgan fingerprint density at radius 2 is 1.86 bits per heavy atom. The number of phenols is 1. The zero-order valence-corrected chi connectivity index (χ0v) is 21.6. The highest BCUT2D eigenvalue weighted by Crippen LogP contribution is 2.53. The number of para-hydroxylation sites is 2. The number of ether oxygens (including phenoxy) is 1. The van der Waals surface area contributed by atoms with Crippen molar-refractivity contribution in [2.24, 2.45) is 5.92 Å². The molecule has 0 bridgehead atoms. The molecule has 1 saturated heterocycles. The molecule has 0 radical (unpaired) electrons. The number of carbonyl (C=O) groups excluding carboxylic acids is 1. The van der Waals surface area contributed by atoms with Crippen molar-refractivity contribution >= 4 is 22.9 Å². The van der Waals surface area contributed by atoms with E-state index in [-0.39, 0.29) is 17.6 Å². The van der Waals surface area contributed by atoms with E-state index in [0.717, 1.165) is 66.2 Å². The molecule has 188 valence electrons. The van der Waals surface area contributed by atoms with E-state index in [4.69, 9.17) is 4.74 Å². The van der Waals surface area contributed by atoms with Gasteiger partial charge in [0.15, 0.2) is 11.5 Å². The number of carbonyl (C=O) groups is 1. The molecule has 2 aliphatic rings. The molecule has 6 rings (SSSR count). The molecule has 2 N–H and O–H groups in total. The van der Waals surface area contributed by atoms with Gasteiger partial charge in [0.2, 0.25) is 5.91 Å². The van der Waals surface area contributed by atoms with Crippen LogP contribution in [0.2, 0.25) is 0 Å². The number of likely N-dealkylation sites (tertiary alicyclic amines) is 1. The average molecular weight is 511 g/mol. The van der Waals surface area contributed by atoms with Gasteiger partial charge in [-0.1, -0.05) is 48.5 Å². The third-order valence-corrected chi connectivity index (χ3v) is 8.39. The fraction of sp³-hybridized carbons (Fsp3) is 0.258. The third kappa shape index (κ3) is 4.75. The number of hydrogen-bond donors (Lipinski definition) is 2. The number of aromatic hydroxyl groups is 1. The van der Waals surface area contributed by atoms with Crippen LogP contribution in [0.5, 0.6) is 17.2 Å². The second-order valence-corrected chi connectivity index (χ2v) is 11.0. The maximum Gasteiger partial charge on any atom is 0.221 e. The molecule has 6 heteroatoms. The van der Waals surface area contributed by atoms with Crippen LogP contribution in [0, 0.1) is 5.92 Å². The Labute approximate surface area is 221 Å². The number of rotatable bonds is 5. The first-order valence-electron chi connectivity index (χ1n) is 12.8. The van der Waals surface area contributed by atoms with Gasteiger partial charge < -0.3 is 15.2 Å². The number of amides is 1. The highest BCUT2D eigenvalue weighted by molar-refractivity contribution is 7.09. The lowest BCUT2D eigenvalue weighted by molar-refractivity contribution is -0.114. The molecule has 4 aromatic rings. The zero-order chi connectivity index (χ0) is 25.4. The number of fused-ring (bicyclic) bond motifs is 2. The molecule has 1 unspecified atom stereocenters. The highest BCUT2D eigenvalue weighted by Gasteiger charge is 2.36. The van der Waals surface area contributed by atoms with Crippen LogP contribution in [-0.4, -0.2) is 29.0 Å². The molecule has 0 saturated carbocycles. The second-order valence-electron chi connectivity index (χ2n) is 9.95. The summed E-state index contributed by atoms with van der Waals surface area (Å²) in [5, 5.41) is 15.8. The van der Waals surface area contributed by atoms with Gasteiger partial charge in [-0.05, 0) is 67.1 Å². The molecule has 3 aromatic carbocycles. The Balaban J connectivity index is 1.33. The summed E-state index contributed by atoms with van der Waals surface area (Å²) in [6, 6.07) is 24.2. The Morgan fingerprint density at radius 3 is 2.65 bits per heavy atom. The largest absolute Gasteiger partial charge is 0.504 e. The van der Waals surface area contributed by atoms with Gasteiger partial charge in [0.1, 0.15) is 5.75 Å². The molecule has 5 nitrogen and oxygen atoms in total. The monoisotopic (exact) mass is 510 g/mol. The van der Waals surface area contributed by atoms with Crippen LogP contribution in [0.25, 0.3) is 11.1 Å². The molecule has 2 aliphatic heterocycles. The standard InChI is InChI=1S/C31H30N2O3S/c1-20(34)32-27-9-3-2-7-24(27)22-11-12-25-29(18-22)36-31-26(8-4-10-28(31)35)30(25)21-13-15-33(16-14-21)19-23-6-5-17-37-23/h2-12,17-18,21,30,35H,13-16,19H2,1H3,(H,32,34). The van der Waals surface area contributed by atoms with Crippen LogP contribution in [0.15, 0.2) is 78.2 Å². The topological polar surface area (TPSA) is 61.8 Å². The van der Waals surface area contributed by atoms with Gasteiger partial charge in [0.05, 0.1) is 0 Å². The van der Waals surface area contributed by atoms with E-state index in [2.05, 4.69) is 45.9 Å². The molecule has 0 spiro atoms. The number of piperidine rings is 1. The van der Waals surface area contributed by atoms with Crippen molar-refractivity contribution in [3.05, 3.63) is 94.2 Å². The summed E-state index contributed by atoms with van der Waals surface area (Å²) in [7, 11) is 0. The first-order valence-corrected chi connectivity index (χ1v) is 13.7. The Hall–Kier alpha value is -3.61. The summed E-state index contributed by atoms with van der Waals surface area (Å²) in [5.74, 6) is 2.02. The van der Waals surface area contributed by atoms with Crippen LogP contribution < -0.4 is 10.1 Å². The number of benzene rings is 3. The van der Waals surface area contributed by atoms with Crippen molar-refractivity contribution in [3.63, 3.8) is 0 Å². The Bertz CT molecular complexity index is 1420. The summed E-state index contributed by atoms with van der Waals surface area (Å²) in [4.78, 5) is 15.7. The number of thiophene rings is 1. The van der Waals surface area contributed by atoms with Crippen LogP contribution in [0.1, 0.15) is 41.7 Å². The lowest BCUT2D eigenvalue weighted by Crippen LogP contribution is -2.35. The highest BCUT2D eigenvalue weighted by atomic mass is 32.1. The van der Waals surface area contributed by atoms with Gasteiger partial charge >= 0.3 is 0 Å². The summed E-state index contributed by atoms with van der Waals surface area (Å²) in [5.41, 5.74) is 4.90. The van der Waals surface area contributed by atoms with Crippen molar-refractivity contribution in [3.8, 4) is 28.4 Å². The summed E-state index contributed by atoms with van der Waals surface area (Å²) in [6.07, 6.45) is 2.19. The van der Waals surface area contributed by atoms with Crippen LogP contribution in [0.4, 0.5) is 5.69 Å². The molecule has 3 heterocycles. The van der Waals surface area contributed by atoms with Crippen molar-refractivity contribution < 1.29 is 14.6 Å². The smallest absolute Gasteiger partial charge is 0.221 e. The van der Waals surface area contributed by atoms with Crippen molar-refractivity contribution in [2.45, 2.75) is 32.2 Å². The lowest BCUT2D eigenvalue weighted by atomic mass is 9.74. The minimum atomic E-state index is -0.106. The summed E-state index contributed by atoms with van der Waals surface area (Å²) >= 11 is 1.82. The van der Waals surface area contributed by atoms with E-state index in [1.165, 1.54) is 11.8 Å². The molecular formula is C31H30N2O3S. The molecule has 37 heavy (non-hydrogen) atoms. The summed E-state index contributed by atoms with van der Waals surface area (Å²) in [6.45, 7) is 4.66. The maximum atomic E-state index is 11.8. The maximum absolute atomic E-state index is 11.8. The van der Waals surface area contributed by atoms with Gasteiger partial charge in [-0.25, -0.2) is 0 Å². The van der Waals surface area contributed by atoms with Crippen molar-refractivity contribution in [1.82, 2.24) is 4.90 Å². The van der Waals surface area contributed by atoms with Crippen LogP contribution in [0.3, 0.4) is 0 Å². The first-order chi connectivity index (χ1) is 18.1. The van der Waals surface area contributed by atoms with Gasteiger partial charge in [-0.2, -0.15) is 0 Å². The number of anilines is 1. The molecule has 0 aliphatic carbocycles. The minimum absolute atomic E-state index is 0.106. The first kappa shape index (κ1) is 23.8. The van der Waals surface area contributed by atoms with E-state index in [9.17, 15) is 9.90 Å². The van der Waals surface area contributed by atoms with Crippen molar-refractivity contribution in [1.29, 1.82) is 0 Å². The van der Waals surface area contributed by atoms with Gasteiger partial charge in [0, 0.05) is 46.6 Å². The molecule has 1 amide bonds. The van der Waals surface area contributed by atoms with E-state index >= 15 is 0 Å². The predicted molar refractivity (Wildman–Crippen MR) is 149 cm³/mol. The van der Waals surface area contributed by atoms with Crippen LogP contribution >= 0.6 is 11.3 Å². The lowest BCUT2D eigenvalue weighted by Gasteiger charge is -2.39. The average Bonchev–Trinajstić information content (AvgIpc) is 3.41. The number of nitrogens with zero attached hydrogens (tertiary/aromatic N) is 1. The number of nitrogens with one attached hydrogen (secondary N) is 1. The van der Waals surface area contributed by atoms with Gasteiger partial charge in [-0.15, -0.1) is 11.3 Å². The Kier molecular flexibility index (Phi) is 6.45. The van der Waals surface area contributed by atoms with E-state index < -0.39 is 0 Å². The molecular weight excluding hydrogens is 480 g/mol. The quantitative estimate of drug-likeness (QED) is 0.297. The SMILES string of the molecule is CC(=O)Nc1ccccc1-c1ccc2c(c1)Oc1c(O)cccc1C2C1CCN(Cc2cccs2)CC1. The molecule has 1 atom stereocenters. The van der Waals surface area contributed by atoms with Crippen LogP contribution in [-0.2, 0) is 11.3 Å². The normalized spacial score (nSPS) is 17.5. The third-order valence-electron chi connectivity index (χ3n) is 7.53. The Morgan fingerprint density at radius 1 is 1.03 bits per heavy atom. The fourth-order valence-electron chi connectivity index (χ4n) is 5.83. The van der Waals surface area contributed by atoms with Gasteiger partial charge in [0.25, 0.3) is 0 Å². The minimum Gasteiger partial charge on any atom is -0.504 e.